The molecular weight excluding hydrogens is 515 g/mol. The van der Waals surface area contributed by atoms with E-state index in [-0.39, 0.29) is 47.2 Å². The number of hydrogen-bond donors (Lipinski definition) is 3. The summed E-state index contributed by atoms with van der Waals surface area (Å²) < 4.78 is 20.8. The number of rotatable bonds is 7. The van der Waals surface area contributed by atoms with Crippen LogP contribution in [0.25, 0.3) is 0 Å². The fourth-order valence-electron chi connectivity index (χ4n) is 5.97. The fraction of sp³-hybridized carbons (Fsp3) is 0.500. The molecule has 12 heteroatoms. The van der Waals surface area contributed by atoms with Gasteiger partial charge in [-0.15, -0.1) is 0 Å². The standard InChI is InChI=1S/C28H35FN8O3/c1-3-23(38)36-8-4-5-18(14-36)32-27-25(29)21-12-31-28(39)24(21)26(34-27)33-22-7-6-19(11-30-22)37-10-9-35(13-17(37)2)20-15-40-16-20/h3,6-7,11,17-18,20H,1,4-5,8-10,12-16H2,2H3,(H,31,39)(H2,30,32,33,34). The summed E-state index contributed by atoms with van der Waals surface area (Å²) in [7, 11) is 0. The lowest BCUT2D eigenvalue weighted by atomic mass is 10.0. The zero-order valence-electron chi connectivity index (χ0n) is 22.7. The van der Waals surface area contributed by atoms with Crippen molar-refractivity contribution in [2.45, 2.75) is 44.4 Å². The first-order chi connectivity index (χ1) is 19.4. The number of anilines is 4. The van der Waals surface area contributed by atoms with Gasteiger partial charge in [0.15, 0.2) is 11.6 Å². The summed E-state index contributed by atoms with van der Waals surface area (Å²) in [5.41, 5.74) is 1.47. The molecule has 3 N–H and O–H groups in total. The summed E-state index contributed by atoms with van der Waals surface area (Å²) >= 11 is 0. The predicted octanol–water partition coefficient (Wildman–Crippen LogP) is 2.10. The van der Waals surface area contributed by atoms with E-state index in [1.807, 2.05) is 18.3 Å². The van der Waals surface area contributed by atoms with Gasteiger partial charge in [0.2, 0.25) is 5.91 Å². The average Bonchev–Trinajstić information content (AvgIpc) is 3.32. The maximum absolute atomic E-state index is 15.5. The molecule has 212 valence electrons. The number of pyridine rings is 2. The van der Waals surface area contributed by atoms with Gasteiger partial charge in [0, 0.05) is 56.9 Å². The van der Waals surface area contributed by atoms with E-state index in [0.717, 1.165) is 51.4 Å². The maximum Gasteiger partial charge on any atom is 0.255 e. The van der Waals surface area contributed by atoms with Gasteiger partial charge in [0.25, 0.3) is 5.91 Å². The highest BCUT2D eigenvalue weighted by Crippen LogP contribution is 2.32. The molecule has 2 amide bonds. The molecule has 2 unspecified atom stereocenters. The van der Waals surface area contributed by atoms with Gasteiger partial charge in [-0.05, 0) is 38.0 Å². The highest BCUT2D eigenvalue weighted by Gasteiger charge is 2.33. The first-order valence-corrected chi connectivity index (χ1v) is 13.9. The van der Waals surface area contributed by atoms with Crippen LogP contribution in [-0.2, 0) is 16.1 Å². The molecule has 0 aliphatic carbocycles. The van der Waals surface area contributed by atoms with E-state index in [2.05, 4.69) is 49.2 Å². The van der Waals surface area contributed by atoms with E-state index in [1.165, 1.54) is 6.08 Å². The van der Waals surface area contributed by atoms with Crippen molar-refractivity contribution in [2.75, 3.05) is 61.5 Å². The van der Waals surface area contributed by atoms with Crippen LogP contribution in [0.3, 0.4) is 0 Å². The molecule has 0 bridgehead atoms. The highest BCUT2D eigenvalue weighted by molar-refractivity contribution is 6.03. The summed E-state index contributed by atoms with van der Waals surface area (Å²) in [6.07, 6.45) is 4.66. The molecule has 11 nitrogen and oxygen atoms in total. The van der Waals surface area contributed by atoms with Crippen LogP contribution < -0.4 is 20.9 Å². The Balaban J connectivity index is 1.18. The number of fused-ring (bicyclic) bond motifs is 1. The Labute approximate surface area is 232 Å². The Kier molecular flexibility index (Phi) is 7.28. The summed E-state index contributed by atoms with van der Waals surface area (Å²) in [4.78, 5) is 40.3. The number of ether oxygens (including phenoxy) is 1. The first kappa shape index (κ1) is 26.5. The van der Waals surface area contributed by atoms with Crippen molar-refractivity contribution < 1.29 is 18.7 Å². The summed E-state index contributed by atoms with van der Waals surface area (Å²) in [6.45, 7) is 11.4. The zero-order chi connectivity index (χ0) is 27.8. The normalized spacial score (nSPS) is 23.3. The molecule has 2 aromatic heterocycles. The van der Waals surface area contributed by atoms with Gasteiger partial charge in [-0.1, -0.05) is 6.58 Å². The summed E-state index contributed by atoms with van der Waals surface area (Å²) in [5, 5.41) is 9.02. The number of carbonyl (C=O) groups is 2. The molecule has 40 heavy (non-hydrogen) atoms. The van der Waals surface area contributed by atoms with Gasteiger partial charge in [0.1, 0.15) is 11.6 Å². The Morgan fingerprint density at radius 3 is 2.77 bits per heavy atom. The maximum atomic E-state index is 15.5. The van der Waals surface area contributed by atoms with Crippen LogP contribution in [0.15, 0.2) is 31.0 Å². The molecule has 0 spiro atoms. The molecule has 6 rings (SSSR count). The van der Waals surface area contributed by atoms with E-state index >= 15 is 4.39 Å². The molecule has 6 heterocycles. The van der Waals surface area contributed by atoms with Crippen molar-refractivity contribution in [3.63, 3.8) is 0 Å². The Bertz CT molecular complexity index is 1300. The van der Waals surface area contributed by atoms with Crippen LogP contribution in [0.2, 0.25) is 0 Å². The Morgan fingerprint density at radius 1 is 1.23 bits per heavy atom. The van der Waals surface area contributed by atoms with Crippen molar-refractivity contribution in [1.82, 2.24) is 25.1 Å². The van der Waals surface area contributed by atoms with Gasteiger partial charge in [-0.3, -0.25) is 14.5 Å². The second kappa shape index (κ2) is 11.0. The number of halogens is 1. The lowest BCUT2D eigenvalue weighted by molar-refractivity contribution is -0.127. The molecule has 4 aliphatic rings. The second-order valence-electron chi connectivity index (χ2n) is 10.9. The lowest BCUT2D eigenvalue weighted by Gasteiger charge is -2.46. The van der Waals surface area contributed by atoms with Crippen molar-refractivity contribution in [1.29, 1.82) is 0 Å². The van der Waals surface area contributed by atoms with Gasteiger partial charge < -0.3 is 30.5 Å². The second-order valence-corrected chi connectivity index (χ2v) is 10.9. The molecule has 3 saturated heterocycles. The molecule has 3 fully saturated rings. The number of carbonyl (C=O) groups excluding carboxylic acids is 2. The third-order valence-electron chi connectivity index (χ3n) is 8.26. The first-order valence-electron chi connectivity index (χ1n) is 13.9. The lowest BCUT2D eigenvalue weighted by Crippen LogP contribution is -2.59. The number of aromatic nitrogens is 2. The quantitative estimate of drug-likeness (QED) is 0.446. The number of amides is 2. The minimum absolute atomic E-state index is 0.0517. The number of piperidine rings is 1. The number of nitrogens with one attached hydrogen (secondary N) is 3. The Morgan fingerprint density at radius 2 is 2.08 bits per heavy atom. The Hall–Kier alpha value is -3.77. The highest BCUT2D eigenvalue weighted by atomic mass is 19.1. The molecule has 0 aromatic carbocycles. The minimum Gasteiger partial charge on any atom is -0.378 e. The summed E-state index contributed by atoms with van der Waals surface area (Å²) in [5.74, 6) is -0.282. The molecule has 0 saturated carbocycles. The van der Waals surface area contributed by atoms with Gasteiger partial charge in [-0.25, -0.2) is 14.4 Å². The third kappa shape index (κ3) is 5.08. The van der Waals surface area contributed by atoms with Crippen LogP contribution in [0.1, 0.15) is 35.7 Å². The molecule has 2 aromatic rings. The van der Waals surface area contributed by atoms with Crippen LogP contribution in [0, 0.1) is 5.82 Å². The topological polar surface area (TPSA) is 115 Å². The van der Waals surface area contributed by atoms with Crippen molar-refractivity contribution >= 4 is 35.0 Å². The van der Waals surface area contributed by atoms with Crippen LogP contribution in [-0.4, -0.2) is 95.6 Å². The van der Waals surface area contributed by atoms with Gasteiger partial charge >= 0.3 is 0 Å². The van der Waals surface area contributed by atoms with Gasteiger partial charge in [0.05, 0.1) is 36.7 Å². The van der Waals surface area contributed by atoms with E-state index in [4.69, 9.17) is 4.74 Å². The minimum atomic E-state index is -0.559. The number of nitrogens with zero attached hydrogens (tertiary/aromatic N) is 5. The predicted molar refractivity (Wildman–Crippen MR) is 149 cm³/mol. The smallest absolute Gasteiger partial charge is 0.255 e. The van der Waals surface area contributed by atoms with Crippen molar-refractivity contribution in [3.8, 4) is 0 Å². The van der Waals surface area contributed by atoms with Gasteiger partial charge in [-0.2, -0.15) is 0 Å². The number of hydrogen-bond acceptors (Lipinski definition) is 9. The van der Waals surface area contributed by atoms with E-state index in [1.54, 1.807) is 4.90 Å². The van der Waals surface area contributed by atoms with Crippen LogP contribution in [0.5, 0.6) is 0 Å². The van der Waals surface area contributed by atoms with E-state index in [0.29, 0.717) is 31.0 Å². The molecular formula is C28H35FN8O3. The largest absolute Gasteiger partial charge is 0.378 e. The molecule has 4 aliphatic heterocycles. The zero-order valence-corrected chi connectivity index (χ0v) is 22.7. The van der Waals surface area contributed by atoms with Crippen LogP contribution in [0.4, 0.5) is 27.5 Å². The van der Waals surface area contributed by atoms with Crippen molar-refractivity contribution in [2.24, 2.45) is 0 Å². The van der Waals surface area contributed by atoms with Crippen LogP contribution >= 0.6 is 0 Å². The van der Waals surface area contributed by atoms with E-state index in [9.17, 15) is 9.59 Å². The fourth-order valence-corrected chi connectivity index (χ4v) is 5.97. The third-order valence-corrected chi connectivity index (χ3v) is 8.26. The monoisotopic (exact) mass is 550 g/mol. The number of piperazine rings is 1. The molecule has 2 atom stereocenters. The number of likely N-dealkylation sites (tertiary alicyclic amines) is 1. The SMILES string of the molecule is C=CC(=O)N1CCCC(Nc2nc(Nc3ccc(N4CCN(C5COC5)CC4C)cn3)c3c(c2F)CNC3=O)C1. The van der Waals surface area contributed by atoms with Crippen molar-refractivity contribution in [3.05, 3.63) is 47.9 Å². The average molecular weight is 551 g/mol. The summed E-state index contributed by atoms with van der Waals surface area (Å²) in [6, 6.07) is 4.55. The molecule has 0 radical (unpaired) electrons. The van der Waals surface area contributed by atoms with E-state index < -0.39 is 5.82 Å².